The van der Waals surface area contributed by atoms with Crippen molar-refractivity contribution in [2.45, 2.75) is 27.2 Å². The van der Waals surface area contributed by atoms with Crippen molar-refractivity contribution in [1.82, 2.24) is 0 Å². The van der Waals surface area contributed by atoms with Crippen LogP contribution >= 0.6 is 0 Å². The number of carboxylic acids is 1. The molecule has 0 fully saturated rings. The molecular weight excluding hydrogens is 242 g/mol. The van der Waals surface area contributed by atoms with Crippen molar-refractivity contribution in [3.8, 4) is 0 Å². The molecule has 0 heterocycles. The molecule has 1 amide bonds. The fourth-order valence-corrected chi connectivity index (χ4v) is 1.57. The third-order valence-corrected chi connectivity index (χ3v) is 2.28. The van der Waals surface area contributed by atoms with Crippen LogP contribution in [0.3, 0.4) is 0 Å². The van der Waals surface area contributed by atoms with Gasteiger partial charge in [-0.05, 0) is 29.2 Å². The van der Waals surface area contributed by atoms with E-state index in [1.165, 1.54) is 6.08 Å². The predicted molar refractivity (Wildman–Crippen MR) is 75.8 cm³/mol. The summed E-state index contributed by atoms with van der Waals surface area (Å²) >= 11 is 0. The molecule has 4 heteroatoms. The van der Waals surface area contributed by atoms with Gasteiger partial charge in [0.25, 0.3) is 0 Å². The highest BCUT2D eigenvalue weighted by Gasteiger charge is 2.15. The quantitative estimate of drug-likeness (QED) is 0.818. The van der Waals surface area contributed by atoms with Gasteiger partial charge in [0, 0.05) is 18.2 Å². The standard InChI is InChI=1S/C15H19NO3/c1-15(2,3)10-13(17)16-12-6-4-5-11(9-12)7-8-14(18)19/h4-9H,10H2,1-3H3,(H,16,17)(H,18,19)/b8-7+. The summed E-state index contributed by atoms with van der Waals surface area (Å²) in [5, 5.41) is 11.4. The molecule has 0 bridgehead atoms. The summed E-state index contributed by atoms with van der Waals surface area (Å²) in [6, 6.07) is 7.06. The van der Waals surface area contributed by atoms with Gasteiger partial charge in [-0.3, -0.25) is 4.79 Å². The summed E-state index contributed by atoms with van der Waals surface area (Å²) in [5.74, 6) is -1.05. The molecule has 102 valence electrons. The highest BCUT2D eigenvalue weighted by Crippen LogP contribution is 2.20. The molecule has 19 heavy (non-hydrogen) atoms. The lowest BCUT2D eigenvalue weighted by atomic mass is 9.92. The number of rotatable bonds is 4. The lowest BCUT2D eigenvalue weighted by molar-refractivity contribution is -0.131. The van der Waals surface area contributed by atoms with Gasteiger partial charge in [-0.15, -0.1) is 0 Å². The maximum absolute atomic E-state index is 11.8. The van der Waals surface area contributed by atoms with Crippen LogP contribution in [-0.2, 0) is 9.59 Å². The van der Waals surface area contributed by atoms with Gasteiger partial charge in [0.2, 0.25) is 5.91 Å². The number of nitrogens with one attached hydrogen (secondary N) is 1. The van der Waals surface area contributed by atoms with Gasteiger partial charge < -0.3 is 10.4 Å². The van der Waals surface area contributed by atoms with E-state index in [4.69, 9.17) is 5.11 Å². The van der Waals surface area contributed by atoms with Crippen LogP contribution in [0.15, 0.2) is 30.3 Å². The SMILES string of the molecule is CC(C)(C)CC(=O)Nc1cccc(/C=C/C(=O)O)c1. The molecule has 0 saturated heterocycles. The van der Waals surface area contributed by atoms with Crippen LogP contribution < -0.4 is 5.32 Å². The van der Waals surface area contributed by atoms with Gasteiger partial charge >= 0.3 is 5.97 Å². The number of amides is 1. The van der Waals surface area contributed by atoms with E-state index < -0.39 is 5.97 Å². The van der Waals surface area contributed by atoms with Gasteiger partial charge in [0.05, 0.1) is 0 Å². The first-order valence-corrected chi connectivity index (χ1v) is 6.07. The second-order valence-electron chi connectivity index (χ2n) is 5.58. The number of aliphatic carboxylic acids is 1. The number of carbonyl (C=O) groups is 2. The van der Waals surface area contributed by atoms with Crippen molar-refractivity contribution in [2.75, 3.05) is 5.32 Å². The first kappa shape index (κ1) is 15.0. The smallest absolute Gasteiger partial charge is 0.328 e. The highest BCUT2D eigenvalue weighted by atomic mass is 16.4. The van der Waals surface area contributed by atoms with Crippen LogP contribution in [0.5, 0.6) is 0 Å². The Morgan fingerprint density at radius 3 is 2.58 bits per heavy atom. The minimum absolute atomic E-state index is 0.0492. The normalized spacial score (nSPS) is 11.5. The average Bonchev–Trinajstić information content (AvgIpc) is 2.24. The molecule has 0 aliphatic rings. The fraction of sp³-hybridized carbons (Fsp3) is 0.333. The number of hydrogen-bond acceptors (Lipinski definition) is 2. The molecule has 0 aliphatic carbocycles. The monoisotopic (exact) mass is 261 g/mol. The Kier molecular flexibility index (Phi) is 4.87. The molecule has 0 aliphatic heterocycles. The van der Waals surface area contributed by atoms with Crippen molar-refractivity contribution in [3.63, 3.8) is 0 Å². The molecule has 1 rings (SSSR count). The van der Waals surface area contributed by atoms with E-state index in [2.05, 4.69) is 5.32 Å². The zero-order chi connectivity index (χ0) is 14.5. The lowest BCUT2D eigenvalue weighted by Crippen LogP contribution is -2.19. The Hall–Kier alpha value is -2.10. The number of hydrogen-bond donors (Lipinski definition) is 2. The lowest BCUT2D eigenvalue weighted by Gasteiger charge is -2.17. The van der Waals surface area contributed by atoms with Crippen molar-refractivity contribution in [2.24, 2.45) is 5.41 Å². The first-order valence-electron chi connectivity index (χ1n) is 6.07. The molecule has 0 spiro atoms. The predicted octanol–water partition coefficient (Wildman–Crippen LogP) is 3.16. The molecule has 0 saturated carbocycles. The summed E-state index contributed by atoms with van der Waals surface area (Å²) in [7, 11) is 0. The molecule has 0 aromatic heterocycles. The summed E-state index contributed by atoms with van der Waals surface area (Å²) in [6.07, 6.45) is 2.99. The van der Waals surface area contributed by atoms with Crippen LogP contribution in [-0.4, -0.2) is 17.0 Å². The minimum atomic E-state index is -0.998. The fourth-order valence-electron chi connectivity index (χ4n) is 1.57. The molecule has 0 radical (unpaired) electrons. The molecule has 1 aromatic carbocycles. The first-order chi connectivity index (χ1) is 8.76. The number of carboxylic acid groups (broad SMARTS) is 1. The van der Waals surface area contributed by atoms with Gasteiger partial charge in [-0.2, -0.15) is 0 Å². The van der Waals surface area contributed by atoms with Crippen molar-refractivity contribution < 1.29 is 14.7 Å². The zero-order valence-corrected chi connectivity index (χ0v) is 11.4. The number of benzene rings is 1. The maximum Gasteiger partial charge on any atom is 0.328 e. The summed E-state index contributed by atoms with van der Waals surface area (Å²) < 4.78 is 0. The van der Waals surface area contributed by atoms with Crippen molar-refractivity contribution in [1.29, 1.82) is 0 Å². The second kappa shape index (κ2) is 6.18. The van der Waals surface area contributed by atoms with Crippen LogP contribution in [0.4, 0.5) is 5.69 Å². The highest BCUT2D eigenvalue weighted by molar-refractivity contribution is 5.91. The second-order valence-corrected chi connectivity index (χ2v) is 5.58. The van der Waals surface area contributed by atoms with E-state index >= 15 is 0 Å². The maximum atomic E-state index is 11.8. The zero-order valence-electron chi connectivity index (χ0n) is 11.4. The molecule has 4 nitrogen and oxygen atoms in total. The van der Waals surface area contributed by atoms with Gasteiger partial charge in [0.1, 0.15) is 0 Å². The minimum Gasteiger partial charge on any atom is -0.478 e. The Morgan fingerprint density at radius 2 is 2.00 bits per heavy atom. The van der Waals surface area contributed by atoms with Crippen LogP contribution in [0.1, 0.15) is 32.8 Å². The molecule has 0 atom stereocenters. The van der Waals surface area contributed by atoms with Gasteiger partial charge in [-0.25, -0.2) is 4.79 Å². The Labute approximate surface area is 113 Å². The Balaban J connectivity index is 2.72. The third-order valence-electron chi connectivity index (χ3n) is 2.28. The Morgan fingerprint density at radius 1 is 1.32 bits per heavy atom. The van der Waals surface area contributed by atoms with Crippen LogP contribution in [0.25, 0.3) is 6.08 Å². The summed E-state index contributed by atoms with van der Waals surface area (Å²) in [6.45, 7) is 6.00. The molecule has 1 aromatic rings. The number of carbonyl (C=O) groups excluding carboxylic acids is 1. The van der Waals surface area contributed by atoms with Gasteiger partial charge in [-0.1, -0.05) is 32.9 Å². The molecule has 0 unspecified atom stereocenters. The van der Waals surface area contributed by atoms with E-state index in [1.54, 1.807) is 24.3 Å². The summed E-state index contributed by atoms with van der Waals surface area (Å²) in [4.78, 5) is 22.2. The van der Waals surface area contributed by atoms with Crippen LogP contribution in [0, 0.1) is 5.41 Å². The summed E-state index contributed by atoms with van der Waals surface area (Å²) in [5.41, 5.74) is 1.34. The van der Waals surface area contributed by atoms with Crippen molar-refractivity contribution >= 4 is 23.6 Å². The third kappa shape index (κ3) is 6.41. The van der Waals surface area contributed by atoms with E-state index in [9.17, 15) is 9.59 Å². The molecular formula is C15H19NO3. The van der Waals surface area contributed by atoms with Crippen LogP contribution in [0.2, 0.25) is 0 Å². The molecule has 2 N–H and O–H groups in total. The van der Waals surface area contributed by atoms with E-state index in [0.29, 0.717) is 12.1 Å². The van der Waals surface area contributed by atoms with E-state index in [0.717, 1.165) is 11.6 Å². The topological polar surface area (TPSA) is 66.4 Å². The average molecular weight is 261 g/mol. The van der Waals surface area contributed by atoms with E-state index in [1.807, 2.05) is 20.8 Å². The Bertz CT molecular complexity index is 498. The largest absolute Gasteiger partial charge is 0.478 e. The van der Waals surface area contributed by atoms with Gasteiger partial charge in [0.15, 0.2) is 0 Å². The van der Waals surface area contributed by atoms with Crippen molar-refractivity contribution in [3.05, 3.63) is 35.9 Å². The number of anilines is 1. The van der Waals surface area contributed by atoms with E-state index in [-0.39, 0.29) is 11.3 Å².